The van der Waals surface area contributed by atoms with E-state index in [1.54, 1.807) is 24.7 Å². The van der Waals surface area contributed by atoms with Crippen molar-refractivity contribution >= 4 is 11.8 Å². The van der Waals surface area contributed by atoms with Crippen LogP contribution in [0, 0.1) is 5.92 Å². The summed E-state index contributed by atoms with van der Waals surface area (Å²) in [6.07, 6.45) is 6.49. The number of hydrogen-bond acceptors (Lipinski definition) is 5. The molecule has 6 heteroatoms. The number of aromatic nitrogens is 3. The van der Waals surface area contributed by atoms with Crippen LogP contribution in [0.4, 0.5) is 5.82 Å². The lowest BCUT2D eigenvalue weighted by molar-refractivity contribution is -0.142. The van der Waals surface area contributed by atoms with Gasteiger partial charge < -0.3 is 10.0 Å². The molecule has 0 unspecified atom stereocenters. The SMILES string of the molecule is O=C(O)C1CCN(c2ccc(-c3ncccn3)cn2)CC1. The number of aliphatic carboxylic acids is 1. The van der Waals surface area contributed by atoms with E-state index < -0.39 is 5.97 Å². The number of pyridine rings is 1. The Labute approximate surface area is 122 Å². The Bertz CT molecular complexity index is 607. The lowest BCUT2D eigenvalue weighted by Crippen LogP contribution is -2.36. The molecule has 0 bridgehead atoms. The highest BCUT2D eigenvalue weighted by atomic mass is 16.4. The molecule has 3 rings (SSSR count). The lowest BCUT2D eigenvalue weighted by Gasteiger charge is -2.30. The zero-order valence-electron chi connectivity index (χ0n) is 11.5. The molecule has 1 saturated heterocycles. The van der Waals surface area contributed by atoms with Gasteiger partial charge in [-0.3, -0.25) is 4.79 Å². The Hall–Kier alpha value is -2.50. The Kier molecular flexibility index (Phi) is 3.77. The fraction of sp³-hybridized carbons (Fsp3) is 0.333. The Balaban J connectivity index is 1.69. The van der Waals surface area contributed by atoms with Gasteiger partial charge in [0.25, 0.3) is 0 Å². The largest absolute Gasteiger partial charge is 0.481 e. The average molecular weight is 284 g/mol. The van der Waals surface area contributed by atoms with Crippen LogP contribution >= 0.6 is 0 Å². The van der Waals surface area contributed by atoms with E-state index in [4.69, 9.17) is 5.11 Å². The predicted molar refractivity (Wildman–Crippen MR) is 77.8 cm³/mol. The van der Waals surface area contributed by atoms with Crippen LogP contribution in [-0.2, 0) is 4.79 Å². The van der Waals surface area contributed by atoms with Gasteiger partial charge in [0.05, 0.1) is 5.92 Å². The topological polar surface area (TPSA) is 79.2 Å². The fourth-order valence-electron chi connectivity index (χ4n) is 2.51. The van der Waals surface area contributed by atoms with E-state index in [0.29, 0.717) is 18.7 Å². The molecule has 1 aliphatic heterocycles. The van der Waals surface area contributed by atoms with Crippen molar-refractivity contribution < 1.29 is 9.90 Å². The molecule has 2 aromatic rings. The molecule has 3 heterocycles. The van der Waals surface area contributed by atoms with Crippen LogP contribution in [0.3, 0.4) is 0 Å². The second kappa shape index (κ2) is 5.87. The second-order valence-electron chi connectivity index (χ2n) is 5.08. The summed E-state index contributed by atoms with van der Waals surface area (Å²) < 4.78 is 0. The van der Waals surface area contributed by atoms with Crippen LogP contribution in [0.2, 0.25) is 0 Å². The van der Waals surface area contributed by atoms with Crippen LogP contribution in [0.5, 0.6) is 0 Å². The van der Waals surface area contributed by atoms with Gasteiger partial charge in [-0.05, 0) is 31.0 Å². The highest BCUT2D eigenvalue weighted by Gasteiger charge is 2.24. The Morgan fingerprint density at radius 2 is 1.86 bits per heavy atom. The van der Waals surface area contributed by atoms with Crippen molar-refractivity contribution in [3.8, 4) is 11.4 Å². The number of rotatable bonds is 3. The van der Waals surface area contributed by atoms with Crippen molar-refractivity contribution in [1.29, 1.82) is 0 Å². The first kappa shape index (κ1) is 13.5. The van der Waals surface area contributed by atoms with Crippen molar-refractivity contribution in [2.45, 2.75) is 12.8 Å². The quantitative estimate of drug-likeness (QED) is 0.926. The van der Waals surface area contributed by atoms with Gasteiger partial charge in [-0.15, -0.1) is 0 Å². The number of carbonyl (C=O) groups is 1. The van der Waals surface area contributed by atoms with Crippen LogP contribution < -0.4 is 4.90 Å². The average Bonchev–Trinajstić information content (AvgIpc) is 2.56. The van der Waals surface area contributed by atoms with Gasteiger partial charge in [-0.2, -0.15) is 0 Å². The molecule has 0 aromatic carbocycles. The van der Waals surface area contributed by atoms with Gasteiger partial charge in [0.1, 0.15) is 5.82 Å². The minimum atomic E-state index is -0.695. The van der Waals surface area contributed by atoms with Crippen LogP contribution in [0.25, 0.3) is 11.4 Å². The van der Waals surface area contributed by atoms with Gasteiger partial charge >= 0.3 is 5.97 Å². The van der Waals surface area contributed by atoms with Crippen molar-refractivity contribution in [3.05, 3.63) is 36.8 Å². The summed E-state index contributed by atoms with van der Waals surface area (Å²) in [5, 5.41) is 9.01. The third-order valence-corrected chi connectivity index (χ3v) is 3.74. The maximum Gasteiger partial charge on any atom is 0.306 e. The molecule has 6 nitrogen and oxygen atoms in total. The number of piperidine rings is 1. The summed E-state index contributed by atoms with van der Waals surface area (Å²) in [4.78, 5) is 25.9. The van der Waals surface area contributed by atoms with Crippen molar-refractivity contribution in [2.24, 2.45) is 5.92 Å². The highest BCUT2D eigenvalue weighted by Crippen LogP contribution is 2.23. The van der Waals surface area contributed by atoms with Crippen molar-refractivity contribution in [3.63, 3.8) is 0 Å². The summed E-state index contributed by atoms with van der Waals surface area (Å²) >= 11 is 0. The van der Waals surface area contributed by atoms with Crippen molar-refractivity contribution in [2.75, 3.05) is 18.0 Å². The van der Waals surface area contributed by atoms with Crippen LogP contribution in [-0.4, -0.2) is 39.1 Å². The molecule has 21 heavy (non-hydrogen) atoms. The summed E-state index contributed by atoms with van der Waals surface area (Å²) in [7, 11) is 0. The fourth-order valence-corrected chi connectivity index (χ4v) is 2.51. The normalized spacial score (nSPS) is 15.9. The van der Waals surface area contributed by atoms with Crippen LogP contribution in [0.1, 0.15) is 12.8 Å². The molecule has 108 valence electrons. The van der Waals surface area contributed by atoms with Gasteiger partial charge in [-0.1, -0.05) is 0 Å². The van der Waals surface area contributed by atoms with E-state index in [1.165, 1.54) is 0 Å². The summed E-state index contributed by atoms with van der Waals surface area (Å²) in [5.74, 6) is 0.608. The Morgan fingerprint density at radius 3 is 2.43 bits per heavy atom. The van der Waals surface area contributed by atoms with Gasteiger partial charge in [0.2, 0.25) is 0 Å². The molecule has 0 aliphatic carbocycles. The number of hydrogen-bond donors (Lipinski definition) is 1. The monoisotopic (exact) mass is 284 g/mol. The summed E-state index contributed by atoms with van der Waals surface area (Å²) in [6.45, 7) is 1.45. The highest BCUT2D eigenvalue weighted by molar-refractivity contribution is 5.70. The minimum Gasteiger partial charge on any atom is -0.481 e. The molecule has 0 amide bonds. The summed E-state index contributed by atoms with van der Waals surface area (Å²) in [5.41, 5.74) is 0.875. The van der Waals surface area contributed by atoms with Gasteiger partial charge in [0.15, 0.2) is 5.82 Å². The van der Waals surface area contributed by atoms with E-state index in [0.717, 1.165) is 24.5 Å². The number of carboxylic acids is 1. The smallest absolute Gasteiger partial charge is 0.306 e. The number of nitrogens with zero attached hydrogens (tertiary/aromatic N) is 4. The van der Waals surface area contributed by atoms with E-state index >= 15 is 0 Å². The molecule has 2 aromatic heterocycles. The second-order valence-corrected chi connectivity index (χ2v) is 5.08. The number of carboxylic acid groups (broad SMARTS) is 1. The zero-order valence-corrected chi connectivity index (χ0v) is 11.5. The first-order valence-electron chi connectivity index (χ1n) is 6.95. The minimum absolute atomic E-state index is 0.224. The lowest BCUT2D eigenvalue weighted by atomic mass is 9.97. The van der Waals surface area contributed by atoms with Crippen LogP contribution in [0.15, 0.2) is 36.8 Å². The molecule has 1 N–H and O–H groups in total. The molecule has 0 radical (unpaired) electrons. The van der Waals surface area contributed by atoms with E-state index in [9.17, 15) is 4.79 Å². The molecular formula is C15H16N4O2. The standard InChI is InChI=1S/C15H16N4O2/c20-15(21)11-4-8-19(9-5-11)13-3-2-12(10-18-13)14-16-6-1-7-17-14/h1-3,6-7,10-11H,4-5,8-9H2,(H,20,21). The molecule has 0 spiro atoms. The maximum absolute atomic E-state index is 11.0. The van der Waals surface area contributed by atoms with Gasteiger partial charge in [0, 0.05) is 37.2 Å². The maximum atomic E-state index is 11.0. The Morgan fingerprint density at radius 1 is 1.14 bits per heavy atom. The van der Waals surface area contributed by atoms with E-state index in [1.807, 2.05) is 12.1 Å². The van der Waals surface area contributed by atoms with E-state index in [-0.39, 0.29) is 5.92 Å². The molecule has 0 saturated carbocycles. The van der Waals surface area contributed by atoms with Crippen molar-refractivity contribution in [1.82, 2.24) is 15.0 Å². The third kappa shape index (κ3) is 2.99. The first-order valence-corrected chi connectivity index (χ1v) is 6.95. The molecular weight excluding hydrogens is 268 g/mol. The molecule has 1 fully saturated rings. The third-order valence-electron chi connectivity index (χ3n) is 3.74. The predicted octanol–water partition coefficient (Wildman–Crippen LogP) is 1.84. The molecule has 1 aliphatic rings. The van der Waals surface area contributed by atoms with Gasteiger partial charge in [-0.25, -0.2) is 15.0 Å². The van der Waals surface area contributed by atoms with E-state index in [2.05, 4.69) is 19.9 Å². The summed E-state index contributed by atoms with van der Waals surface area (Å²) in [6, 6.07) is 5.66. The zero-order chi connectivity index (χ0) is 14.7. The first-order chi connectivity index (χ1) is 10.2. The number of anilines is 1. The molecule has 0 atom stereocenters.